The lowest BCUT2D eigenvalue weighted by atomic mass is 9.94. The van der Waals surface area contributed by atoms with Crippen LogP contribution in [0.1, 0.15) is 54.4 Å². The van der Waals surface area contributed by atoms with E-state index in [-0.39, 0.29) is 0 Å². The van der Waals surface area contributed by atoms with E-state index >= 15 is 0 Å². The Bertz CT molecular complexity index is 365. The summed E-state index contributed by atoms with van der Waals surface area (Å²) < 4.78 is 0. The molecule has 2 N–H and O–H groups in total. The SMILES string of the molecule is NCc1nc(C2CC2)nc2c1CCCC2. The Morgan fingerprint density at radius 3 is 2.67 bits per heavy atom. The zero-order chi connectivity index (χ0) is 10.3. The van der Waals surface area contributed by atoms with Gasteiger partial charge in [0, 0.05) is 18.2 Å². The highest BCUT2D eigenvalue weighted by Crippen LogP contribution is 2.39. The summed E-state index contributed by atoms with van der Waals surface area (Å²) in [5.74, 6) is 1.71. The van der Waals surface area contributed by atoms with Gasteiger partial charge >= 0.3 is 0 Å². The molecule has 0 aromatic carbocycles. The molecule has 1 saturated carbocycles. The van der Waals surface area contributed by atoms with Crippen molar-refractivity contribution < 1.29 is 0 Å². The molecular formula is C12H17N3. The average molecular weight is 203 g/mol. The molecule has 0 saturated heterocycles. The van der Waals surface area contributed by atoms with Gasteiger partial charge in [-0.3, -0.25) is 0 Å². The lowest BCUT2D eigenvalue weighted by Gasteiger charge is -2.18. The van der Waals surface area contributed by atoms with Crippen molar-refractivity contribution in [2.24, 2.45) is 5.73 Å². The number of hydrogen-bond acceptors (Lipinski definition) is 3. The summed E-state index contributed by atoms with van der Waals surface area (Å²) >= 11 is 0. The van der Waals surface area contributed by atoms with Crippen molar-refractivity contribution in [3.8, 4) is 0 Å². The third-order valence-electron chi connectivity index (χ3n) is 3.42. The minimum atomic E-state index is 0.574. The van der Waals surface area contributed by atoms with Crippen molar-refractivity contribution in [2.75, 3.05) is 0 Å². The van der Waals surface area contributed by atoms with Crippen molar-refractivity contribution in [1.82, 2.24) is 9.97 Å². The second-order valence-electron chi connectivity index (χ2n) is 4.64. The normalized spacial score (nSPS) is 20.1. The fourth-order valence-electron chi connectivity index (χ4n) is 2.39. The Kier molecular flexibility index (Phi) is 2.20. The van der Waals surface area contributed by atoms with E-state index in [0.29, 0.717) is 12.5 Å². The van der Waals surface area contributed by atoms with Crippen LogP contribution in [0.3, 0.4) is 0 Å². The molecule has 0 atom stereocenters. The molecular weight excluding hydrogens is 186 g/mol. The quantitative estimate of drug-likeness (QED) is 0.795. The van der Waals surface area contributed by atoms with Gasteiger partial charge in [0.2, 0.25) is 0 Å². The number of rotatable bonds is 2. The summed E-state index contributed by atoms with van der Waals surface area (Å²) in [4.78, 5) is 9.35. The van der Waals surface area contributed by atoms with E-state index in [9.17, 15) is 0 Å². The van der Waals surface area contributed by atoms with Crippen LogP contribution >= 0.6 is 0 Å². The van der Waals surface area contributed by atoms with E-state index in [4.69, 9.17) is 10.7 Å². The minimum absolute atomic E-state index is 0.574. The largest absolute Gasteiger partial charge is 0.325 e. The first-order valence-corrected chi connectivity index (χ1v) is 5.97. The molecule has 15 heavy (non-hydrogen) atoms. The first-order chi connectivity index (χ1) is 7.38. The molecule has 1 heterocycles. The van der Waals surface area contributed by atoms with Gasteiger partial charge in [-0.1, -0.05) is 0 Å². The molecule has 0 spiro atoms. The lowest BCUT2D eigenvalue weighted by Crippen LogP contribution is -2.15. The summed E-state index contributed by atoms with van der Waals surface area (Å²) in [6.07, 6.45) is 7.34. The maximum Gasteiger partial charge on any atom is 0.132 e. The van der Waals surface area contributed by atoms with Crippen LogP contribution in [0.15, 0.2) is 0 Å². The first-order valence-electron chi connectivity index (χ1n) is 5.97. The van der Waals surface area contributed by atoms with Crippen molar-refractivity contribution in [1.29, 1.82) is 0 Å². The zero-order valence-corrected chi connectivity index (χ0v) is 9.00. The van der Waals surface area contributed by atoms with Crippen LogP contribution in [0.25, 0.3) is 0 Å². The molecule has 2 aliphatic rings. The molecule has 2 aliphatic carbocycles. The van der Waals surface area contributed by atoms with Gasteiger partial charge in [0.1, 0.15) is 5.82 Å². The predicted molar refractivity (Wildman–Crippen MR) is 58.5 cm³/mol. The van der Waals surface area contributed by atoms with Gasteiger partial charge in [-0.2, -0.15) is 0 Å². The Morgan fingerprint density at radius 2 is 1.93 bits per heavy atom. The van der Waals surface area contributed by atoms with Crippen LogP contribution < -0.4 is 5.73 Å². The predicted octanol–water partition coefficient (Wildman–Crippen LogP) is 1.69. The van der Waals surface area contributed by atoms with E-state index < -0.39 is 0 Å². The van der Waals surface area contributed by atoms with E-state index in [1.165, 1.54) is 36.9 Å². The summed E-state index contributed by atoms with van der Waals surface area (Å²) in [6.45, 7) is 0.574. The summed E-state index contributed by atoms with van der Waals surface area (Å²) in [6, 6.07) is 0. The highest BCUT2D eigenvalue weighted by Gasteiger charge is 2.28. The molecule has 0 bridgehead atoms. The monoisotopic (exact) mass is 203 g/mol. The highest BCUT2D eigenvalue weighted by molar-refractivity contribution is 5.29. The first kappa shape index (κ1) is 9.28. The van der Waals surface area contributed by atoms with Gasteiger partial charge in [0.05, 0.1) is 5.69 Å². The van der Waals surface area contributed by atoms with Gasteiger partial charge in [-0.15, -0.1) is 0 Å². The molecule has 0 amide bonds. The fraction of sp³-hybridized carbons (Fsp3) is 0.667. The van der Waals surface area contributed by atoms with Gasteiger partial charge in [0.25, 0.3) is 0 Å². The van der Waals surface area contributed by atoms with Gasteiger partial charge in [-0.05, 0) is 44.1 Å². The number of aromatic nitrogens is 2. The van der Waals surface area contributed by atoms with Crippen LogP contribution in [0.5, 0.6) is 0 Å². The second kappa shape index (κ2) is 3.56. The molecule has 1 aromatic rings. The molecule has 3 heteroatoms. The molecule has 1 fully saturated rings. The maximum atomic E-state index is 5.77. The number of nitrogens with zero attached hydrogens (tertiary/aromatic N) is 2. The topological polar surface area (TPSA) is 51.8 Å². The third-order valence-corrected chi connectivity index (χ3v) is 3.42. The Balaban J connectivity index is 2.06. The van der Waals surface area contributed by atoms with E-state index in [0.717, 1.165) is 24.4 Å². The van der Waals surface area contributed by atoms with Crippen LogP contribution in [-0.2, 0) is 19.4 Å². The van der Waals surface area contributed by atoms with Crippen molar-refractivity contribution >= 4 is 0 Å². The molecule has 3 nitrogen and oxygen atoms in total. The minimum Gasteiger partial charge on any atom is -0.325 e. The summed E-state index contributed by atoms with van der Waals surface area (Å²) in [5.41, 5.74) is 9.53. The Labute approximate surface area is 90.1 Å². The number of aryl methyl sites for hydroxylation is 1. The highest BCUT2D eigenvalue weighted by atomic mass is 14.9. The molecule has 3 rings (SSSR count). The van der Waals surface area contributed by atoms with Crippen LogP contribution in [0, 0.1) is 0 Å². The van der Waals surface area contributed by atoms with Crippen molar-refractivity contribution in [3.63, 3.8) is 0 Å². The summed E-state index contributed by atoms with van der Waals surface area (Å²) in [5, 5.41) is 0. The van der Waals surface area contributed by atoms with Gasteiger partial charge < -0.3 is 5.73 Å². The Hall–Kier alpha value is -0.960. The smallest absolute Gasteiger partial charge is 0.132 e. The number of fused-ring (bicyclic) bond motifs is 1. The van der Waals surface area contributed by atoms with E-state index in [1.807, 2.05) is 0 Å². The van der Waals surface area contributed by atoms with E-state index in [2.05, 4.69) is 4.98 Å². The molecule has 0 radical (unpaired) electrons. The zero-order valence-electron chi connectivity index (χ0n) is 9.00. The molecule has 80 valence electrons. The van der Waals surface area contributed by atoms with Gasteiger partial charge in [0.15, 0.2) is 0 Å². The van der Waals surface area contributed by atoms with Crippen LogP contribution in [0.2, 0.25) is 0 Å². The van der Waals surface area contributed by atoms with Crippen LogP contribution in [0.4, 0.5) is 0 Å². The standard InChI is InChI=1S/C12H17N3/c13-7-11-9-3-1-2-4-10(9)14-12(15-11)8-5-6-8/h8H,1-7,13H2. The van der Waals surface area contributed by atoms with Gasteiger partial charge in [-0.25, -0.2) is 9.97 Å². The average Bonchev–Trinajstić information content (AvgIpc) is 3.11. The molecule has 0 unspecified atom stereocenters. The van der Waals surface area contributed by atoms with Crippen LogP contribution in [-0.4, -0.2) is 9.97 Å². The van der Waals surface area contributed by atoms with E-state index in [1.54, 1.807) is 0 Å². The fourth-order valence-corrected chi connectivity index (χ4v) is 2.39. The number of nitrogens with two attached hydrogens (primary N) is 1. The lowest BCUT2D eigenvalue weighted by molar-refractivity contribution is 0.640. The molecule has 1 aromatic heterocycles. The van der Waals surface area contributed by atoms with Crippen molar-refractivity contribution in [2.45, 2.75) is 51.0 Å². The summed E-state index contributed by atoms with van der Waals surface area (Å²) in [7, 11) is 0. The maximum absolute atomic E-state index is 5.77. The molecule has 0 aliphatic heterocycles. The number of hydrogen-bond donors (Lipinski definition) is 1. The van der Waals surface area contributed by atoms with Crippen molar-refractivity contribution in [3.05, 3.63) is 22.8 Å². The second-order valence-corrected chi connectivity index (χ2v) is 4.64. The third kappa shape index (κ3) is 1.65. The Morgan fingerprint density at radius 1 is 1.13 bits per heavy atom.